The van der Waals surface area contributed by atoms with E-state index in [1.165, 1.54) is 0 Å². The number of benzene rings is 1. The molecule has 0 aliphatic carbocycles. The van der Waals surface area contributed by atoms with Crippen LogP contribution in [0.4, 0.5) is 13.2 Å². The molecule has 2 rings (SSSR count). The standard InChI is InChI=1S/C16H19F3N4OS2/c1-20-15(22-9-14-23-13(10-25-14)16(17,18)19)21-7-8-26(24)11-12-5-3-2-4-6-12/h2-6,10H,7-9,11H2,1H3,(H2,20,21,22). The molecule has 0 saturated carbocycles. The molecule has 0 radical (unpaired) electrons. The van der Waals surface area contributed by atoms with E-state index in [2.05, 4.69) is 20.6 Å². The van der Waals surface area contributed by atoms with Crippen molar-refractivity contribution in [3.05, 3.63) is 52.0 Å². The predicted molar refractivity (Wildman–Crippen MR) is 98.5 cm³/mol. The van der Waals surface area contributed by atoms with Crippen LogP contribution in [0.2, 0.25) is 0 Å². The Labute approximate surface area is 156 Å². The van der Waals surface area contributed by atoms with Crippen LogP contribution >= 0.6 is 11.3 Å². The summed E-state index contributed by atoms with van der Waals surface area (Å²) in [5, 5.41) is 7.19. The van der Waals surface area contributed by atoms with Crippen LogP contribution in [0.25, 0.3) is 0 Å². The van der Waals surface area contributed by atoms with Crippen molar-refractivity contribution < 1.29 is 17.4 Å². The Morgan fingerprint density at radius 2 is 2.00 bits per heavy atom. The molecule has 1 aromatic carbocycles. The summed E-state index contributed by atoms with van der Waals surface area (Å²) in [4.78, 5) is 7.53. The molecule has 0 amide bonds. The van der Waals surface area contributed by atoms with Crippen molar-refractivity contribution in [3.8, 4) is 0 Å². The van der Waals surface area contributed by atoms with Crippen LogP contribution < -0.4 is 10.6 Å². The van der Waals surface area contributed by atoms with Crippen LogP contribution in [0.15, 0.2) is 40.7 Å². The van der Waals surface area contributed by atoms with Crippen molar-refractivity contribution in [2.24, 2.45) is 4.99 Å². The van der Waals surface area contributed by atoms with Gasteiger partial charge in [0.1, 0.15) is 5.01 Å². The van der Waals surface area contributed by atoms with Crippen molar-refractivity contribution in [2.75, 3.05) is 19.3 Å². The first-order valence-corrected chi connectivity index (χ1v) is 10.1. The van der Waals surface area contributed by atoms with Crippen LogP contribution in [0.3, 0.4) is 0 Å². The summed E-state index contributed by atoms with van der Waals surface area (Å²) in [5.41, 5.74) is 0.121. The first-order chi connectivity index (χ1) is 12.4. The normalized spacial score (nSPS) is 13.5. The maximum absolute atomic E-state index is 12.5. The van der Waals surface area contributed by atoms with Crippen LogP contribution in [-0.2, 0) is 29.3 Å². The molecule has 142 valence electrons. The Morgan fingerprint density at radius 1 is 1.27 bits per heavy atom. The largest absolute Gasteiger partial charge is 0.434 e. The second kappa shape index (κ2) is 9.67. The van der Waals surface area contributed by atoms with E-state index < -0.39 is 22.7 Å². The topological polar surface area (TPSA) is 66.4 Å². The molecule has 2 aromatic rings. The molecule has 26 heavy (non-hydrogen) atoms. The Balaban J connectivity index is 1.72. The summed E-state index contributed by atoms with van der Waals surface area (Å²) >= 11 is 0.934. The van der Waals surface area contributed by atoms with Gasteiger partial charge in [0.05, 0.1) is 6.54 Å². The van der Waals surface area contributed by atoms with Gasteiger partial charge in [-0.2, -0.15) is 13.2 Å². The molecule has 0 aliphatic heterocycles. The van der Waals surface area contributed by atoms with E-state index in [4.69, 9.17) is 0 Å². The SMILES string of the molecule is CN=C(NCCS(=O)Cc1ccccc1)NCc1nc(C(F)(F)F)cs1. The Bertz CT molecular complexity index is 747. The molecule has 2 N–H and O–H groups in total. The number of nitrogens with one attached hydrogen (secondary N) is 2. The smallest absolute Gasteiger partial charge is 0.355 e. The predicted octanol–water partition coefficient (Wildman–Crippen LogP) is 2.78. The van der Waals surface area contributed by atoms with Gasteiger partial charge in [0.2, 0.25) is 0 Å². The number of guanidine groups is 1. The van der Waals surface area contributed by atoms with Gasteiger partial charge in [0.25, 0.3) is 0 Å². The number of aliphatic imine (C=N–C) groups is 1. The first kappa shape index (κ1) is 20.4. The van der Waals surface area contributed by atoms with Crippen molar-refractivity contribution in [1.82, 2.24) is 15.6 Å². The molecule has 0 aliphatic rings. The zero-order valence-corrected chi connectivity index (χ0v) is 15.7. The fraction of sp³-hybridized carbons (Fsp3) is 0.375. The van der Waals surface area contributed by atoms with Gasteiger partial charge in [-0.3, -0.25) is 9.20 Å². The number of aromatic nitrogens is 1. The lowest BCUT2D eigenvalue weighted by atomic mass is 10.2. The minimum atomic E-state index is -4.43. The number of hydrogen-bond acceptors (Lipinski definition) is 4. The summed E-state index contributed by atoms with van der Waals surface area (Å²) in [5.74, 6) is 1.34. The zero-order chi connectivity index (χ0) is 19.0. The average Bonchev–Trinajstić information content (AvgIpc) is 3.08. The molecule has 10 heteroatoms. The lowest BCUT2D eigenvalue weighted by molar-refractivity contribution is -0.140. The van der Waals surface area contributed by atoms with E-state index in [0.717, 1.165) is 22.3 Å². The summed E-state index contributed by atoms with van der Waals surface area (Å²) in [6.07, 6.45) is -4.43. The van der Waals surface area contributed by atoms with Crippen molar-refractivity contribution in [1.29, 1.82) is 0 Å². The van der Waals surface area contributed by atoms with E-state index in [0.29, 0.717) is 29.0 Å². The average molecular weight is 404 g/mol. The molecule has 0 saturated heterocycles. The lowest BCUT2D eigenvalue weighted by Crippen LogP contribution is -2.38. The fourth-order valence-electron chi connectivity index (χ4n) is 2.02. The highest BCUT2D eigenvalue weighted by molar-refractivity contribution is 7.84. The summed E-state index contributed by atoms with van der Waals surface area (Å²) in [6.45, 7) is 0.568. The van der Waals surface area contributed by atoms with E-state index >= 15 is 0 Å². The monoisotopic (exact) mass is 404 g/mol. The molecular formula is C16H19F3N4OS2. The van der Waals surface area contributed by atoms with Gasteiger partial charge in [0, 0.05) is 41.3 Å². The zero-order valence-electron chi connectivity index (χ0n) is 14.0. The van der Waals surface area contributed by atoms with Crippen LogP contribution in [0.5, 0.6) is 0 Å². The third-order valence-corrected chi connectivity index (χ3v) is 5.43. The van der Waals surface area contributed by atoms with E-state index in [9.17, 15) is 17.4 Å². The highest BCUT2D eigenvalue weighted by Gasteiger charge is 2.33. The Morgan fingerprint density at radius 3 is 2.62 bits per heavy atom. The van der Waals surface area contributed by atoms with Gasteiger partial charge < -0.3 is 10.6 Å². The van der Waals surface area contributed by atoms with Gasteiger partial charge in [-0.1, -0.05) is 30.3 Å². The first-order valence-electron chi connectivity index (χ1n) is 7.73. The van der Waals surface area contributed by atoms with Gasteiger partial charge in [-0.15, -0.1) is 11.3 Å². The van der Waals surface area contributed by atoms with Crippen LogP contribution in [-0.4, -0.2) is 34.5 Å². The number of thiazole rings is 1. The molecule has 0 spiro atoms. The molecule has 1 atom stereocenters. The van der Waals surface area contributed by atoms with Crippen LogP contribution in [0.1, 0.15) is 16.3 Å². The number of halogens is 3. The van der Waals surface area contributed by atoms with E-state index in [1.54, 1.807) is 7.05 Å². The summed E-state index contributed by atoms with van der Waals surface area (Å²) in [6, 6.07) is 9.56. The van der Waals surface area contributed by atoms with Crippen molar-refractivity contribution >= 4 is 28.1 Å². The molecule has 1 unspecified atom stereocenters. The van der Waals surface area contributed by atoms with Crippen molar-refractivity contribution in [3.63, 3.8) is 0 Å². The minimum Gasteiger partial charge on any atom is -0.355 e. The molecule has 1 heterocycles. The van der Waals surface area contributed by atoms with E-state index in [1.807, 2.05) is 30.3 Å². The highest BCUT2D eigenvalue weighted by Crippen LogP contribution is 2.29. The van der Waals surface area contributed by atoms with Gasteiger partial charge >= 0.3 is 6.18 Å². The van der Waals surface area contributed by atoms with Crippen LogP contribution in [0, 0.1) is 0 Å². The highest BCUT2D eigenvalue weighted by atomic mass is 32.2. The molecular weight excluding hydrogens is 385 g/mol. The minimum absolute atomic E-state index is 0.132. The van der Waals surface area contributed by atoms with E-state index in [-0.39, 0.29) is 6.54 Å². The maximum Gasteiger partial charge on any atom is 0.434 e. The molecule has 0 bridgehead atoms. The molecule has 0 fully saturated rings. The Kier molecular flexibility index (Phi) is 7.58. The van der Waals surface area contributed by atoms with Gasteiger partial charge in [-0.05, 0) is 5.56 Å². The lowest BCUT2D eigenvalue weighted by Gasteiger charge is -2.10. The quantitative estimate of drug-likeness (QED) is 0.550. The fourth-order valence-corrected chi connectivity index (χ4v) is 3.80. The van der Waals surface area contributed by atoms with Crippen molar-refractivity contribution in [2.45, 2.75) is 18.5 Å². The summed E-state index contributed by atoms with van der Waals surface area (Å²) < 4.78 is 49.6. The van der Waals surface area contributed by atoms with Gasteiger partial charge in [-0.25, -0.2) is 4.98 Å². The second-order valence-corrected chi connectivity index (χ2v) is 7.77. The number of nitrogens with zero attached hydrogens (tertiary/aromatic N) is 2. The molecule has 5 nitrogen and oxygen atoms in total. The summed E-state index contributed by atoms with van der Waals surface area (Å²) in [7, 11) is 0.538. The molecule has 1 aromatic heterocycles. The van der Waals surface area contributed by atoms with Gasteiger partial charge in [0.15, 0.2) is 11.7 Å². The third kappa shape index (κ3) is 6.75. The maximum atomic E-state index is 12.5. The second-order valence-electron chi connectivity index (χ2n) is 5.25. The number of rotatable bonds is 7. The third-order valence-electron chi connectivity index (χ3n) is 3.27. The number of alkyl halides is 3. The number of hydrogen-bond donors (Lipinski definition) is 2. The Hall–Kier alpha value is -1.94.